The number of aromatic nitrogens is 1. The summed E-state index contributed by atoms with van der Waals surface area (Å²) in [7, 11) is 0. The molecule has 0 aliphatic heterocycles. The minimum atomic E-state index is 0.127. The van der Waals surface area contributed by atoms with Crippen molar-refractivity contribution >= 4 is 0 Å². The van der Waals surface area contributed by atoms with Gasteiger partial charge in [-0.05, 0) is 23.5 Å². The molecular formula is C15H25N. The van der Waals surface area contributed by atoms with E-state index in [1.165, 1.54) is 24.1 Å². The quantitative estimate of drug-likeness (QED) is 0.731. The van der Waals surface area contributed by atoms with Crippen molar-refractivity contribution in [2.45, 2.75) is 65.2 Å². The van der Waals surface area contributed by atoms with E-state index in [2.05, 4.69) is 58.7 Å². The van der Waals surface area contributed by atoms with Gasteiger partial charge in [0.2, 0.25) is 0 Å². The summed E-state index contributed by atoms with van der Waals surface area (Å²) < 4.78 is 0. The highest BCUT2D eigenvalue weighted by Gasteiger charge is 2.28. The zero-order valence-electron chi connectivity index (χ0n) is 11.6. The topological polar surface area (TPSA) is 12.9 Å². The molecule has 1 rings (SSSR count). The summed E-state index contributed by atoms with van der Waals surface area (Å²) in [5, 5.41) is 0. The normalized spacial score (nSPS) is 12.9. The minimum absolute atomic E-state index is 0.127. The summed E-state index contributed by atoms with van der Waals surface area (Å²) in [6, 6.07) is 4.30. The third kappa shape index (κ3) is 2.84. The van der Waals surface area contributed by atoms with Gasteiger partial charge in [-0.25, -0.2) is 0 Å². The Labute approximate surface area is 100 Å². The SMILES string of the molecule is CCCC(C)(C)c1cccnc1C(C)(C)C. The molecule has 1 nitrogen and oxygen atoms in total. The van der Waals surface area contributed by atoms with Crippen LogP contribution in [0.4, 0.5) is 0 Å². The van der Waals surface area contributed by atoms with Gasteiger partial charge in [0.15, 0.2) is 0 Å². The van der Waals surface area contributed by atoms with Crippen molar-refractivity contribution in [2.24, 2.45) is 0 Å². The summed E-state index contributed by atoms with van der Waals surface area (Å²) in [5.74, 6) is 0. The smallest absolute Gasteiger partial charge is 0.0494 e. The molecule has 0 fully saturated rings. The van der Waals surface area contributed by atoms with Crippen LogP contribution in [0.3, 0.4) is 0 Å². The van der Waals surface area contributed by atoms with Gasteiger partial charge < -0.3 is 0 Å². The highest BCUT2D eigenvalue weighted by Crippen LogP contribution is 2.35. The molecule has 0 aliphatic rings. The first kappa shape index (κ1) is 13.2. The van der Waals surface area contributed by atoms with E-state index in [1.807, 2.05) is 6.20 Å². The van der Waals surface area contributed by atoms with Crippen LogP contribution in [0.15, 0.2) is 18.3 Å². The lowest BCUT2D eigenvalue weighted by atomic mass is 9.75. The summed E-state index contributed by atoms with van der Waals surface area (Å²) in [4.78, 5) is 4.60. The first-order chi connectivity index (χ1) is 7.29. The molecule has 0 aliphatic carbocycles. The van der Waals surface area contributed by atoms with Crippen molar-refractivity contribution in [1.82, 2.24) is 4.98 Å². The summed E-state index contributed by atoms with van der Waals surface area (Å²) >= 11 is 0. The summed E-state index contributed by atoms with van der Waals surface area (Å²) in [5.41, 5.74) is 3.01. The average molecular weight is 219 g/mol. The average Bonchev–Trinajstić information content (AvgIpc) is 2.16. The number of rotatable bonds is 3. The second-order valence-electron chi connectivity index (χ2n) is 6.28. The molecule has 0 spiro atoms. The van der Waals surface area contributed by atoms with E-state index in [0.717, 1.165) is 0 Å². The first-order valence-electron chi connectivity index (χ1n) is 6.25. The standard InChI is InChI=1S/C15H25N/c1-7-10-15(5,6)12-9-8-11-16-13(12)14(2,3)4/h8-9,11H,7,10H2,1-6H3. The molecule has 0 saturated heterocycles. The molecule has 0 bridgehead atoms. The Hall–Kier alpha value is -0.850. The van der Waals surface area contributed by atoms with Crippen LogP contribution in [-0.2, 0) is 10.8 Å². The Balaban J connectivity index is 3.23. The molecule has 0 amide bonds. The van der Waals surface area contributed by atoms with Gasteiger partial charge in [0.25, 0.3) is 0 Å². The van der Waals surface area contributed by atoms with Crippen molar-refractivity contribution in [3.63, 3.8) is 0 Å². The first-order valence-corrected chi connectivity index (χ1v) is 6.25. The summed E-state index contributed by atoms with van der Waals surface area (Å²) in [6.45, 7) is 13.6. The van der Waals surface area contributed by atoms with E-state index in [4.69, 9.17) is 0 Å². The molecule has 0 radical (unpaired) electrons. The maximum Gasteiger partial charge on any atom is 0.0494 e. The van der Waals surface area contributed by atoms with Crippen molar-refractivity contribution in [2.75, 3.05) is 0 Å². The van der Waals surface area contributed by atoms with Crippen LogP contribution in [0, 0.1) is 0 Å². The van der Waals surface area contributed by atoms with Gasteiger partial charge in [-0.15, -0.1) is 0 Å². The number of nitrogens with zero attached hydrogens (tertiary/aromatic N) is 1. The van der Waals surface area contributed by atoms with Gasteiger partial charge in [-0.2, -0.15) is 0 Å². The third-order valence-corrected chi connectivity index (χ3v) is 3.12. The molecule has 90 valence electrons. The lowest BCUT2D eigenvalue weighted by Gasteiger charge is -2.31. The van der Waals surface area contributed by atoms with Crippen LogP contribution < -0.4 is 0 Å². The van der Waals surface area contributed by atoms with Gasteiger partial charge in [-0.3, -0.25) is 4.98 Å². The Bertz CT molecular complexity index is 345. The monoisotopic (exact) mass is 219 g/mol. The lowest BCUT2D eigenvalue weighted by molar-refractivity contribution is 0.447. The van der Waals surface area contributed by atoms with Crippen molar-refractivity contribution in [1.29, 1.82) is 0 Å². The fourth-order valence-corrected chi connectivity index (χ4v) is 2.31. The highest BCUT2D eigenvalue weighted by atomic mass is 14.7. The molecule has 1 heteroatoms. The lowest BCUT2D eigenvalue weighted by Crippen LogP contribution is -2.25. The van der Waals surface area contributed by atoms with Crippen LogP contribution in [0.25, 0.3) is 0 Å². The van der Waals surface area contributed by atoms with E-state index in [-0.39, 0.29) is 10.8 Å². The zero-order valence-corrected chi connectivity index (χ0v) is 11.6. The van der Waals surface area contributed by atoms with Crippen LogP contribution in [0.5, 0.6) is 0 Å². The molecule has 0 unspecified atom stereocenters. The summed E-state index contributed by atoms with van der Waals surface area (Å²) in [6.07, 6.45) is 4.33. The van der Waals surface area contributed by atoms with Crippen molar-refractivity contribution < 1.29 is 0 Å². The van der Waals surface area contributed by atoms with E-state index >= 15 is 0 Å². The number of pyridine rings is 1. The van der Waals surface area contributed by atoms with Crippen LogP contribution >= 0.6 is 0 Å². The third-order valence-electron chi connectivity index (χ3n) is 3.12. The van der Waals surface area contributed by atoms with E-state index in [0.29, 0.717) is 0 Å². The molecular weight excluding hydrogens is 194 g/mol. The fourth-order valence-electron chi connectivity index (χ4n) is 2.31. The van der Waals surface area contributed by atoms with E-state index in [9.17, 15) is 0 Å². The predicted molar refractivity (Wildman–Crippen MR) is 70.9 cm³/mol. The van der Waals surface area contributed by atoms with Crippen LogP contribution in [0.2, 0.25) is 0 Å². The molecule has 1 heterocycles. The van der Waals surface area contributed by atoms with Crippen LogP contribution in [-0.4, -0.2) is 4.98 Å². The van der Waals surface area contributed by atoms with E-state index in [1.54, 1.807) is 0 Å². The molecule has 1 aromatic heterocycles. The Kier molecular flexibility index (Phi) is 3.77. The fraction of sp³-hybridized carbons (Fsp3) is 0.667. The highest BCUT2D eigenvalue weighted by molar-refractivity contribution is 5.32. The Morgan fingerprint density at radius 3 is 2.25 bits per heavy atom. The molecule has 0 aromatic carbocycles. The van der Waals surface area contributed by atoms with E-state index < -0.39 is 0 Å². The minimum Gasteiger partial charge on any atom is -0.260 e. The van der Waals surface area contributed by atoms with Gasteiger partial charge in [-0.1, -0.05) is 54.0 Å². The largest absolute Gasteiger partial charge is 0.260 e. The van der Waals surface area contributed by atoms with Crippen molar-refractivity contribution in [3.05, 3.63) is 29.6 Å². The van der Waals surface area contributed by atoms with Gasteiger partial charge in [0.1, 0.15) is 0 Å². The zero-order chi connectivity index (χ0) is 12.4. The molecule has 0 atom stereocenters. The molecule has 1 aromatic rings. The van der Waals surface area contributed by atoms with Gasteiger partial charge in [0, 0.05) is 17.3 Å². The Morgan fingerprint density at radius 2 is 1.75 bits per heavy atom. The Morgan fingerprint density at radius 1 is 1.12 bits per heavy atom. The van der Waals surface area contributed by atoms with Crippen LogP contribution in [0.1, 0.15) is 65.6 Å². The second kappa shape index (κ2) is 4.57. The van der Waals surface area contributed by atoms with Gasteiger partial charge in [0.05, 0.1) is 0 Å². The van der Waals surface area contributed by atoms with Gasteiger partial charge >= 0.3 is 0 Å². The molecule has 16 heavy (non-hydrogen) atoms. The maximum absolute atomic E-state index is 4.60. The molecule has 0 N–H and O–H groups in total. The maximum atomic E-state index is 4.60. The number of hydrogen-bond donors (Lipinski definition) is 0. The predicted octanol–water partition coefficient (Wildman–Crippen LogP) is 4.46. The number of hydrogen-bond acceptors (Lipinski definition) is 1. The second-order valence-corrected chi connectivity index (χ2v) is 6.28. The molecule has 0 saturated carbocycles. The van der Waals surface area contributed by atoms with Crippen molar-refractivity contribution in [3.8, 4) is 0 Å².